The van der Waals surface area contributed by atoms with E-state index >= 15 is 0 Å². The number of rotatable bonds is 13. The van der Waals surface area contributed by atoms with Crippen molar-refractivity contribution in [3.63, 3.8) is 0 Å². The van der Waals surface area contributed by atoms with Crippen LogP contribution in [0.4, 0.5) is 4.79 Å². The van der Waals surface area contributed by atoms with Crippen molar-refractivity contribution in [3.05, 3.63) is 0 Å². The maximum atomic E-state index is 13.8. The Labute approximate surface area is 250 Å². The number of hydrogen-bond acceptors (Lipinski definition) is 13. The Morgan fingerprint density at radius 3 is 1.77 bits per heavy atom. The van der Waals surface area contributed by atoms with Gasteiger partial charge in [-0.25, -0.2) is 4.79 Å². The molecule has 0 spiro atoms. The molecule has 1 heterocycles. The van der Waals surface area contributed by atoms with Gasteiger partial charge in [-0.1, -0.05) is 0 Å². The molecule has 1 aliphatic rings. The standard InChI is InChI=1S/C27H43N3O13/c1-10-38-21(35)11-19(30(14(4)5)27(37)28-13(2)3)25(36)29-26-24(42-18(9)34)23(41-17(8)33)22(40-16(7)32)20(43-26)12-39-15(6)31/h13-14,19-20,22-24,26H,10-12H2,1-9H3,(H,28,37)(H,29,36)/t19?,20-,22-,23+,24-,26-/m1/s1. The van der Waals surface area contributed by atoms with E-state index in [1.165, 1.54) is 0 Å². The van der Waals surface area contributed by atoms with Gasteiger partial charge in [0.05, 0.1) is 13.0 Å². The first kappa shape index (κ1) is 37.1. The molecule has 244 valence electrons. The first-order valence-corrected chi connectivity index (χ1v) is 13.8. The summed E-state index contributed by atoms with van der Waals surface area (Å²) in [6.45, 7) is 12.1. The predicted octanol–water partition coefficient (Wildman–Crippen LogP) is 0.336. The number of urea groups is 1. The fourth-order valence-corrected chi connectivity index (χ4v) is 4.33. The SMILES string of the molecule is CCOC(=O)CC(C(=O)N[C@@H]1O[C@H](COC(C)=O)[C@@H](OC(C)=O)[C@H](OC(C)=O)[C@H]1OC(C)=O)N(C(=O)NC(C)C)C(C)C. The number of nitrogens with one attached hydrogen (secondary N) is 2. The summed E-state index contributed by atoms with van der Waals surface area (Å²) in [5, 5.41) is 5.21. The van der Waals surface area contributed by atoms with Crippen molar-refractivity contribution in [1.82, 2.24) is 15.5 Å². The Bertz CT molecular complexity index is 1030. The lowest BCUT2D eigenvalue weighted by molar-refractivity contribution is -0.257. The molecule has 1 unspecified atom stereocenters. The topological polar surface area (TPSA) is 202 Å². The lowest BCUT2D eigenvalue weighted by Crippen LogP contribution is -2.67. The van der Waals surface area contributed by atoms with Gasteiger partial charge < -0.3 is 44.0 Å². The zero-order chi connectivity index (χ0) is 33.0. The molecule has 0 aromatic rings. The predicted molar refractivity (Wildman–Crippen MR) is 146 cm³/mol. The van der Waals surface area contributed by atoms with Gasteiger partial charge in [-0.2, -0.15) is 0 Å². The number of amides is 3. The molecule has 6 atom stereocenters. The van der Waals surface area contributed by atoms with Gasteiger partial charge in [-0.05, 0) is 34.6 Å². The molecule has 0 aliphatic carbocycles. The van der Waals surface area contributed by atoms with Gasteiger partial charge in [0, 0.05) is 39.8 Å². The van der Waals surface area contributed by atoms with E-state index in [1.54, 1.807) is 34.6 Å². The molecule has 3 amide bonds. The minimum Gasteiger partial charge on any atom is -0.466 e. The van der Waals surface area contributed by atoms with E-state index in [2.05, 4.69) is 10.6 Å². The average Bonchev–Trinajstić information content (AvgIpc) is 2.84. The molecule has 43 heavy (non-hydrogen) atoms. The summed E-state index contributed by atoms with van der Waals surface area (Å²) in [5.74, 6) is -4.94. The highest BCUT2D eigenvalue weighted by molar-refractivity contribution is 5.91. The van der Waals surface area contributed by atoms with E-state index in [0.717, 1.165) is 32.6 Å². The van der Waals surface area contributed by atoms with Crippen LogP contribution < -0.4 is 10.6 Å². The fourth-order valence-electron chi connectivity index (χ4n) is 4.33. The van der Waals surface area contributed by atoms with Crippen molar-refractivity contribution in [3.8, 4) is 0 Å². The summed E-state index contributed by atoms with van der Waals surface area (Å²) < 4.78 is 32.1. The Morgan fingerprint density at radius 1 is 0.767 bits per heavy atom. The molecular weight excluding hydrogens is 574 g/mol. The van der Waals surface area contributed by atoms with Crippen molar-refractivity contribution < 1.29 is 62.0 Å². The monoisotopic (exact) mass is 617 g/mol. The number of ether oxygens (including phenoxy) is 6. The zero-order valence-electron chi connectivity index (χ0n) is 26.0. The van der Waals surface area contributed by atoms with Crippen molar-refractivity contribution in [2.45, 2.75) is 118 Å². The van der Waals surface area contributed by atoms with Crippen LogP contribution in [-0.4, -0.2) is 109 Å². The quantitative estimate of drug-likeness (QED) is 0.212. The van der Waals surface area contributed by atoms with Gasteiger partial charge >= 0.3 is 35.9 Å². The number of esters is 5. The maximum Gasteiger partial charge on any atom is 0.318 e. The maximum absolute atomic E-state index is 13.8. The summed E-state index contributed by atoms with van der Waals surface area (Å²) in [4.78, 5) is 88.4. The van der Waals surface area contributed by atoms with E-state index < -0.39 is 97.5 Å². The number of nitrogens with zero attached hydrogens (tertiary/aromatic N) is 1. The summed E-state index contributed by atoms with van der Waals surface area (Å²) in [5.41, 5.74) is 0. The molecule has 0 bridgehead atoms. The fraction of sp³-hybridized carbons (Fsp3) is 0.741. The van der Waals surface area contributed by atoms with Gasteiger partial charge in [0.2, 0.25) is 5.91 Å². The molecule has 0 radical (unpaired) electrons. The number of carbonyl (C=O) groups excluding carboxylic acids is 7. The summed E-state index contributed by atoms with van der Waals surface area (Å²) in [6, 6.07) is -2.97. The molecule has 1 aliphatic heterocycles. The molecular formula is C27H43N3O13. The van der Waals surface area contributed by atoms with Crippen LogP contribution >= 0.6 is 0 Å². The third kappa shape index (κ3) is 12.1. The zero-order valence-corrected chi connectivity index (χ0v) is 26.0. The summed E-state index contributed by atoms with van der Waals surface area (Å²) >= 11 is 0. The van der Waals surface area contributed by atoms with Gasteiger partial charge in [0.1, 0.15) is 18.8 Å². The van der Waals surface area contributed by atoms with Crippen LogP contribution in [0.15, 0.2) is 0 Å². The van der Waals surface area contributed by atoms with Crippen LogP contribution in [-0.2, 0) is 57.2 Å². The third-order valence-electron chi connectivity index (χ3n) is 5.78. The van der Waals surface area contributed by atoms with E-state index in [4.69, 9.17) is 28.4 Å². The first-order valence-electron chi connectivity index (χ1n) is 13.8. The molecule has 1 rings (SSSR count). The average molecular weight is 618 g/mol. The molecule has 0 saturated carbocycles. The molecule has 2 N–H and O–H groups in total. The summed E-state index contributed by atoms with van der Waals surface area (Å²) in [6.07, 6.45) is -8.00. The van der Waals surface area contributed by atoms with Crippen molar-refractivity contribution in [2.24, 2.45) is 0 Å². The van der Waals surface area contributed by atoms with Crippen molar-refractivity contribution >= 4 is 41.8 Å². The number of carbonyl (C=O) groups is 7. The number of hydrogen-bond donors (Lipinski definition) is 2. The Kier molecular flexibility index (Phi) is 14.9. The molecule has 0 aromatic carbocycles. The smallest absolute Gasteiger partial charge is 0.318 e. The van der Waals surface area contributed by atoms with Crippen LogP contribution in [0, 0.1) is 0 Å². The molecule has 0 aromatic heterocycles. The Balaban J connectivity index is 3.63. The van der Waals surface area contributed by atoms with E-state index in [0.29, 0.717) is 0 Å². The highest BCUT2D eigenvalue weighted by Crippen LogP contribution is 2.29. The lowest BCUT2D eigenvalue weighted by Gasteiger charge is -2.45. The van der Waals surface area contributed by atoms with Gasteiger partial charge in [0.15, 0.2) is 24.5 Å². The van der Waals surface area contributed by atoms with Crippen LogP contribution in [0.2, 0.25) is 0 Å². The third-order valence-corrected chi connectivity index (χ3v) is 5.78. The van der Waals surface area contributed by atoms with Crippen LogP contribution in [0.3, 0.4) is 0 Å². The molecule has 1 fully saturated rings. The van der Waals surface area contributed by atoms with Gasteiger partial charge in [-0.15, -0.1) is 0 Å². The Hall–Kier alpha value is -3.95. The largest absolute Gasteiger partial charge is 0.466 e. The second-order valence-corrected chi connectivity index (χ2v) is 10.3. The summed E-state index contributed by atoms with van der Waals surface area (Å²) in [7, 11) is 0. The van der Waals surface area contributed by atoms with Crippen LogP contribution in [0.1, 0.15) is 68.7 Å². The van der Waals surface area contributed by atoms with E-state index in [-0.39, 0.29) is 12.6 Å². The Morgan fingerprint density at radius 2 is 1.30 bits per heavy atom. The molecule has 16 nitrogen and oxygen atoms in total. The van der Waals surface area contributed by atoms with Crippen molar-refractivity contribution in [2.75, 3.05) is 13.2 Å². The highest BCUT2D eigenvalue weighted by atomic mass is 16.7. The van der Waals surface area contributed by atoms with E-state index in [9.17, 15) is 33.6 Å². The van der Waals surface area contributed by atoms with Crippen LogP contribution in [0.5, 0.6) is 0 Å². The minimum atomic E-state index is -1.60. The van der Waals surface area contributed by atoms with Crippen LogP contribution in [0.25, 0.3) is 0 Å². The second-order valence-electron chi connectivity index (χ2n) is 10.3. The second kappa shape index (κ2) is 17.2. The first-order chi connectivity index (χ1) is 20.0. The van der Waals surface area contributed by atoms with E-state index in [1.807, 2.05) is 0 Å². The minimum absolute atomic E-state index is 0.0206. The normalized spacial score (nSPS) is 22.1. The molecule has 1 saturated heterocycles. The van der Waals surface area contributed by atoms with Crippen molar-refractivity contribution in [1.29, 1.82) is 0 Å². The lowest BCUT2D eigenvalue weighted by atomic mass is 9.96. The molecule has 16 heteroatoms. The highest BCUT2D eigenvalue weighted by Gasteiger charge is 2.53. The van der Waals surface area contributed by atoms with Gasteiger partial charge in [-0.3, -0.25) is 28.8 Å². The van der Waals surface area contributed by atoms with Gasteiger partial charge in [0.25, 0.3) is 0 Å².